The van der Waals surface area contributed by atoms with Crippen LogP contribution in [-0.2, 0) is 6.42 Å². The third kappa shape index (κ3) is 3.39. The summed E-state index contributed by atoms with van der Waals surface area (Å²) in [6.45, 7) is 2.12. The molecule has 0 unspecified atom stereocenters. The minimum Gasteiger partial charge on any atom is -0.398 e. The van der Waals surface area contributed by atoms with Crippen LogP contribution in [0.1, 0.15) is 29.3 Å². The number of para-hydroxylation sites is 1. The third-order valence-electron chi connectivity index (χ3n) is 3.04. The maximum Gasteiger partial charge on any atom is 0.257 e. The van der Waals surface area contributed by atoms with Gasteiger partial charge < -0.3 is 11.1 Å². The molecule has 0 spiro atoms. The SMILES string of the molecule is CCCc1ccccc1NC(=O)c1cc(Br)ccc1N. The molecule has 104 valence electrons. The van der Waals surface area contributed by atoms with Gasteiger partial charge in [-0.25, -0.2) is 0 Å². The van der Waals surface area contributed by atoms with Crippen molar-refractivity contribution in [3.63, 3.8) is 0 Å². The number of benzene rings is 2. The molecule has 0 saturated heterocycles. The van der Waals surface area contributed by atoms with Crippen LogP contribution in [0.15, 0.2) is 46.9 Å². The van der Waals surface area contributed by atoms with Gasteiger partial charge in [-0.1, -0.05) is 47.5 Å². The van der Waals surface area contributed by atoms with Crippen LogP contribution >= 0.6 is 15.9 Å². The summed E-state index contributed by atoms with van der Waals surface area (Å²) in [5.74, 6) is -0.188. The first-order chi connectivity index (χ1) is 9.61. The smallest absolute Gasteiger partial charge is 0.257 e. The number of halogens is 1. The predicted octanol–water partition coefficient (Wildman–Crippen LogP) is 4.24. The van der Waals surface area contributed by atoms with E-state index in [0.29, 0.717) is 11.3 Å². The van der Waals surface area contributed by atoms with Crippen molar-refractivity contribution < 1.29 is 4.79 Å². The van der Waals surface area contributed by atoms with E-state index < -0.39 is 0 Å². The minimum atomic E-state index is -0.188. The van der Waals surface area contributed by atoms with Gasteiger partial charge in [0.15, 0.2) is 0 Å². The molecule has 0 atom stereocenters. The molecule has 0 aromatic heterocycles. The molecule has 0 aliphatic heterocycles. The number of hydrogen-bond acceptors (Lipinski definition) is 2. The van der Waals surface area contributed by atoms with E-state index in [1.54, 1.807) is 12.1 Å². The Bertz CT molecular complexity index is 626. The van der Waals surface area contributed by atoms with Crippen molar-refractivity contribution in [2.75, 3.05) is 11.1 Å². The Morgan fingerprint density at radius 1 is 1.25 bits per heavy atom. The van der Waals surface area contributed by atoms with E-state index in [0.717, 1.165) is 28.6 Å². The van der Waals surface area contributed by atoms with E-state index in [4.69, 9.17) is 5.73 Å². The molecular formula is C16H17BrN2O. The zero-order valence-electron chi connectivity index (χ0n) is 11.3. The second-order valence-electron chi connectivity index (χ2n) is 4.59. The first-order valence-electron chi connectivity index (χ1n) is 6.56. The van der Waals surface area contributed by atoms with Gasteiger partial charge in [0.25, 0.3) is 5.91 Å². The molecule has 0 radical (unpaired) electrons. The molecule has 2 aromatic carbocycles. The molecular weight excluding hydrogens is 316 g/mol. The molecule has 4 heteroatoms. The van der Waals surface area contributed by atoms with Gasteiger partial charge in [0.1, 0.15) is 0 Å². The largest absolute Gasteiger partial charge is 0.398 e. The molecule has 0 heterocycles. The standard InChI is InChI=1S/C16H17BrN2O/c1-2-5-11-6-3-4-7-15(11)19-16(20)13-10-12(17)8-9-14(13)18/h3-4,6-10H,2,5,18H2,1H3,(H,19,20). The van der Waals surface area contributed by atoms with Crippen molar-refractivity contribution in [1.82, 2.24) is 0 Å². The Labute approximate surface area is 127 Å². The van der Waals surface area contributed by atoms with Crippen LogP contribution in [0.3, 0.4) is 0 Å². The molecule has 0 fully saturated rings. The maximum atomic E-state index is 12.3. The molecule has 0 saturated carbocycles. The fourth-order valence-electron chi connectivity index (χ4n) is 2.04. The van der Waals surface area contributed by atoms with Crippen molar-refractivity contribution in [2.24, 2.45) is 0 Å². The lowest BCUT2D eigenvalue weighted by molar-refractivity contribution is 0.102. The Hall–Kier alpha value is -1.81. The summed E-state index contributed by atoms with van der Waals surface area (Å²) in [7, 11) is 0. The van der Waals surface area contributed by atoms with Crippen molar-refractivity contribution in [2.45, 2.75) is 19.8 Å². The molecule has 2 aromatic rings. The highest BCUT2D eigenvalue weighted by Gasteiger charge is 2.12. The molecule has 0 bridgehead atoms. The minimum absolute atomic E-state index is 0.188. The maximum absolute atomic E-state index is 12.3. The second kappa shape index (κ2) is 6.57. The number of anilines is 2. The summed E-state index contributed by atoms with van der Waals surface area (Å²) in [5.41, 5.74) is 8.79. The van der Waals surface area contributed by atoms with Crippen LogP contribution in [0.25, 0.3) is 0 Å². The van der Waals surface area contributed by atoms with Crippen LogP contribution in [0.5, 0.6) is 0 Å². The van der Waals surface area contributed by atoms with E-state index in [2.05, 4.69) is 28.2 Å². The fourth-order valence-corrected chi connectivity index (χ4v) is 2.41. The monoisotopic (exact) mass is 332 g/mol. The second-order valence-corrected chi connectivity index (χ2v) is 5.51. The number of rotatable bonds is 4. The molecule has 0 aliphatic carbocycles. The van der Waals surface area contributed by atoms with E-state index in [9.17, 15) is 4.79 Å². The molecule has 1 amide bonds. The number of hydrogen-bond donors (Lipinski definition) is 2. The van der Waals surface area contributed by atoms with Crippen LogP contribution in [0, 0.1) is 0 Å². The lowest BCUT2D eigenvalue weighted by atomic mass is 10.1. The van der Waals surface area contributed by atoms with Crippen LogP contribution in [0.2, 0.25) is 0 Å². The number of nitrogens with two attached hydrogens (primary N) is 1. The predicted molar refractivity (Wildman–Crippen MR) is 86.9 cm³/mol. The number of aryl methyl sites for hydroxylation is 1. The third-order valence-corrected chi connectivity index (χ3v) is 3.54. The highest BCUT2D eigenvalue weighted by Crippen LogP contribution is 2.22. The Kier molecular flexibility index (Phi) is 4.79. The summed E-state index contributed by atoms with van der Waals surface area (Å²) in [6.07, 6.45) is 1.97. The van der Waals surface area contributed by atoms with Gasteiger partial charge in [0.05, 0.1) is 5.56 Å². The van der Waals surface area contributed by atoms with E-state index >= 15 is 0 Å². The van der Waals surface area contributed by atoms with Crippen LogP contribution in [-0.4, -0.2) is 5.91 Å². The Balaban J connectivity index is 2.26. The average Bonchev–Trinajstić information content (AvgIpc) is 2.44. The number of amides is 1. The average molecular weight is 333 g/mol. The highest BCUT2D eigenvalue weighted by atomic mass is 79.9. The lowest BCUT2D eigenvalue weighted by Gasteiger charge is -2.11. The van der Waals surface area contributed by atoms with Crippen molar-refractivity contribution in [3.05, 3.63) is 58.1 Å². The van der Waals surface area contributed by atoms with Gasteiger partial charge in [-0.2, -0.15) is 0 Å². The van der Waals surface area contributed by atoms with Gasteiger partial charge in [0, 0.05) is 15.8 Å². The van der Waals surface area contributed by atoms with Gasteiger partial charge in [-0.15, -0.1) is 0 Å². The van der Waals surface area contributed by atoms with Crippen LogP contribution < -0.4 is 11.1 Å². The van der Waals surface area contributed by atoms with Gasteiger partial charge in [-0.3, -0.25) is 4.79 Å². The number of carbonyl (C=O) groups excluding carboxylic acids is 1. The zero-order valence-corrected chi connectivity index (χ0v) is 12.9. The normalized spacial score (nSPS) is 10.3. The summed E-state index contributed by atoms with van der Waals surface area (Å²) in [6, 6.07) is 13.1. The van der Waals surface area contributed by atoms with Gasteiger partial charge >= 0.3 is 0 Å². The van der Waals surface area contributed by atoms with E-state index in [1.807, 2.05) is 30.3 Å². The molecule has 20 heavy (non-hydrogen) atoms. The topological polar surface area (TPSA) is 55.1 Å². The number of carbonyl (C=O) groups is 1. The zero-order chi connectivity index (χ0) is 14.5. The quantitative estimate of drug-likeness (QED) is 0.823. The summed E-state index contributed by atoms with van der Waals surface area (Å²) in [5, 5.41) is 2.94. The van der Waals surface area contributed by atoms with Gasteiger partial charge in [0.2, 0.25) is 0 Å². The first-order valence-corrected chi connectivity index (χ1v) is 7.35. The Morgan fingerprint density at radius 3 is 2.75 bits per heavy atom. The van der Waals surface area contributed by atoms with Crippen LogP contribution in [0.4, 0.5) is 11.4 Å². The summed E-state index contributed by atoms with van der Waals surface area (Å²) >= 11 is 3.35. The number of nitrogen functional groups attached to an aromatic ring is 1. The van der Waals surface area contributed by atoms with Crippen molar-refractivity contribution >= 4 is 33.2 Å². The lowest BCUT2D eigenvalue weighted by Crippen LogP contribution is -2.15. The summed E-state index contributed by atoms with van der Waals surface area (Å²) < 4.78 is 0.832. The molecule has 2 rings (SSSR count). The molecule has 3 N–H and O–H groups in total. The fraction of sp³-hybridized carbons (Fsp3) is 0.188. The van der Waals surface area contributed by atoms with Gasteiger partial charge in [-0.05, 0) is 36.2 Å². The first kappa shape index (κ1) is 14.6. The van der Waals surface area contributed by atoms with Crippen molar-refractivity contribution in [3.8, 4) is 0 Å². The molecule has 0 aliphatic rings. The Morgan fingerprint density at radius 2 is 2.00 bits per heavy atom. The van der Waals surface area contributed by atoms with E-state index in [1.165, 1.54) is 0 Å². The summed E-state index contributed by atoms with van der Waals surface area (Å²) in [4.78, 5) is 12.3. The number of nitrogens with one attached hydrogen (secondary N) is 1. The molecule has 3 nitrogen and oxygen atoms in total. The highest BCUT2D eigenvalue weighted by molar-refractivity contribution is 9.10. The van der Waals surface area contributed by atoms with Crippen molar-refractivity contribution in [1.29, 1.82) is 0 Å². The van der Waals surface area contributed by atoms with E-state index in [-0.39, 0.29) is 5.91 Å².